The minimum atomic E-state index is -0.210. The van der Waals surface area contributed by atoms with Crippen LogP contribution in [0.4, 0.5) is 10.2 Å². The lowest BCUT2D eigenvalue weighted by Crippen LogP contribution is -2.10. The van der Waals surface area contributed by atoms with Crippen LogP contribution >= 0.6 is 0 Å². The van der Waals surface area contributed by atoms with Crippen LogP contribution in [0.25, 0.3) is 0 Å². The number of nitrogens with one attached hydrogen (secondary N) is 1. The predicted molar refractivity (Wildman–Crippen MR) is 69.9 cm³/mol. The van der Waals surface area contributed by atoms with E-state index in [4.69, 9.17) is 0 Å². The molecule has 0 fully saturated rings. The van der Waals surface area contributed by atoms with Gasteiger partial charge in [0, 0.05) is 0 Å². The molecule has 1 aromatic heterocycles. The van der Waals surface area contributed by atoms with Crippen LogP contribution in [0, 0.1) is 19.7 Å². The van der Waals surface area contributed by atoms with Crippen molar-refractivity contribution in [1.82, 2.24) is 10.2 Å². The van der Waals surface area contributed by atoms with E-state index < -0.39 is 0 Å². The number of hydrogen-bond donors (Lipinski definition) is 1. The Balaban J connectivity index is 2.16. The molecule has 3 nitrogen and oxygen atoms in total. The molecule has 0 radical (unpaired) electrons. The normalized spacial score (nSPS) is 12.2. The molecular weight excluding hydrogens is 229 g/mol. The monoisotopic (exact) mass is 245 g/mol. The van der Waals surface area contributed by atoms with Crippen LogP contribution in [-0.4, -0.2) is 10.2 Å². The van der Waals surface area contributed by atoms with Gasteiger partial charge in [0.05, 0.1) is 11.7 Å². The molecule has 18 heavy (non-hydrogen) atoms. The van der Waals surface area contributed by atoms with Crippen LogP contribution in [0.5, 0.6) is 0 Å². The molecule has 0 saturated heterocycles. The number of aryl methyl sites for hydroxylation is 2. The van der Waals surface area contributed by atoms with Crippen LogP contribution in [-0.2, 0) is 0 Å². The topological polar surface area (TPSA) is 37.8 Å². The van der Waals surface area contributed by atoms with E-state index in [2.05, 4.69) is 15.5 Å². The number of aromatic nitrogens is 2. The lowest BCUT2D eigenvalue weighted by atomic mass is 10.0. The van der Waals surface area contributed by atoms with Gasteiger partial charge in [-0.3, -0.25) is 0 Å². The Bertz CT molecular complexity index is 537. The molecule has 1 heterocycles. The van der Waals surface area contributed by atoms with Crippen molar-refractivity contribution < 1.29 is 4.39 Å². The first-order valence-corrected chi connectivity index (χ1v) is 5.89. The minimum absolute atomic E-state index is 0.0580. The van der Waals surface area contributed by atoms with Crippen LogP contribution in [0.2, 0.25) is 0 Å². The van der Waals surface area contributed by atoms with Crippen LogP contribution in [0.15, 0.2) is 30.3 Å². The predicted octanol–water partition coefficient (Wildman–Crippen LogP) is 3.41. The lowest BCUT2D eigenvalue weighted by molar-refractivity contribution is 0.624. The number of nitrogens with zero attached hydrogens (tertiary/aromatic N) is 2. The van der Waals surface area contributed by atoms with E-state index in [1.165, 1.54) is 12.1 Å². The molecule has 2 rings (SSSR count). The summed E-state index contributed by atoms with van der Waals surface area (Å²) in [5.74, 6) is 0.510. The van der Waals surface area contributed by atoms with Crippen molar-refractivity contribution >= 4 is 5.82 Å². The molecule has 0 aliphatic heterocycles. The molecule has 0 amide bonds. The van der Waals surface area contributed by atoms with Gasteiger partial charge in [-0.1, -0.05) is 6.07 Å². The van der Waals surface area contributed by atoms with E-state index in [0.29, 0.717) is 0 Å². The fourth-order valence-electron chi connectivity index (χ4n) is 1.90. The highest BCUT2D eigenvalue weighted by Gasteiger charge is 2.09. The van der Waals surface area contributed by atoms with Gasteiger partial charge < -0.3 is 5.32 Å². The summed E-state index contributed by atoms with van der Waals surface area (Å²) >= 11 is 0. The molecule has 1 atom stereocenters. The molecule has 0 aliphatic carbocycles. The summed E-state index contributed by atoms with van der Waals surface area (Å²) in [6, 6.07) is 8.65. The van der Waals surface area contributed by atoms with Crippen molar-refractivity contribution in [2.75, 3.05) is 5.32 Å². The van der Waals surface area contributed by atoms with Gasteiger partial charge >= 0.3 is 0 Å². The average Bonchev–Trinajstić information content (AvgIpc) is 2.32. The van der Waals surface area contributed by atoms with Crippen molar-refractivity contribution in [3.05, 3.63) is 53.0 Å². The summed E-state index contributed by atoms with van der Waals surface area (Å²) in [7, 11) is 0. The highest BCUT2D eigenvalue weighted by molar-refractivity contribution is 5.39. The Morgan fingerprint density at radius 2 is 1.89 bits per heavy atom. The summed E-state index contributed by atoms with van der Waals surface area (Å²) in [5.41, 5.74) is 2.86. The Morgan fingerprint density at radius 1 is 1.11 bits per heavy atom. The zero-order chi connectivity index (χ0) is 13.1. The molecule has 0 unspecified atom stereocenters. The SMILES string of the molecule is Cc1ccc(N[C@@H](C)c2ccc(F)cc2C)nn1. The van der Waals surface area contributed by atoms with Crippen LogP contribution in [0.1, 0.15) is 29.8 Å². The first-order valence-electron chi connectivity index (χ1n) is 5.89. The Morgan fingerprint density at radius 3 is 2.50 bits per heavy atom. The van der Waals surface area contributed by atoms with E-state index in [-0.39, 0.29) is 11.9 Å². The first kappa shape index (κ1) is 12.5. The number of halogens is 1. The van der Waals surface area contributed by atoms with E-state index in [9.17, 15) is 4.39 Å². The molecule has 1 N–H and O–H groups in total. The van der Waals surface area contributed by atoms with Gasteiger partial charge in [-0.05, 0) is 56.2 Å². The Labute approximate surface area is 106 Å². The molecule has 2 aromatic rings. The number of benzene rings is 1. The first-order chi connectivity index (χ1) is 8.56. The third-order valence-corrected chi connectivity index (χ3v) is 2.86. The number of rotatable bonds is 3. The summed E-state index contributed by atoms with van der Waals surface area (Å²) in [4.78, 5) is 0. The van der Waals surface area contributed by atoms with Crippen molar-refractivity contribution in [2.45, 2.75) is 26.8 Å². The smallest absolute Gasteiger partial charge is 0.149 e. The molecule has 0 spiro atoms. The number of anilines is 1. The van der Waals surface area contributed by atoms with Gasteiger partial charge in [0.1, 0.15) is 11.6 Å². The Hall–Kier alpha value is -1.97. The zero-order valence-electron chi connectivity index (χ0n) is 10.7. The molecular formula is C14H16FN3. The summed E-state index contributed by atoms with van der Waals surface area (Å²) < 4.78 is 13.0. The molecule has 94 valence electrons. The van der Waals surface area contributed by atoms with Crippen LogP contribution in [0.3, 0.4) is 0 Å². The fraction of sp³-hybridized carbons (Fsp3) is 0.286. The third-order valence-electron chi connectivity index (χ3n) is 2.86. The van der Waals surface area contributed by atoms with E-state index >= 15 is 0 Å². The molecule has 1 aromatic carbocycles. The number of hydrogen-bond acceptors (Lipinski definition) is 3. The second kappa shape index (κ2) is 5.12. The van der Waals surface area contributed by atoms with Gasteiger partial charge in [-0.2, -0.15) is 5.10 Å². The maximum absolute atomic E-state index is 13.0. The Kier molecular flexibility index (Phi) is 3.55. The molecule has 0 saturated carbocycles. The largest absolute Gasteiger partial charge is 0.362 e. The zero-order valence-corrected chi connectivity index (χ0v) is 10.7. The second-order valence-electron chi connectivity index (χ2n) is 4.43. The van der Waals surface area contributed by atoms with Gasteiger partial charge in [-0.15, -0.1) is 5.10 Å². The highest BCUT2D eigenvalue weighted by Crippen LogP contribution is 2.21. The van der Waals surface area contributed by atoms with Crippen molar-refractivity contribution in [2.24, 2.45) is 0 Å². The van der Waals surface area contributed by atoms with Crippen molar-refractivity contribution in [3.8, 4) is 0 Å². The van der Waals surface area contributed by atoms with E-state index in [1.807, 2.05) is 32.9 Å². The van der Waals surface area contributed by atoms with E-state index in [0.717, 1.165) is 22.6 Å². The summed E-state index contributed by atoms with van der Waals surface area (Å²) in [6.07, 6.45) is 0. The molecule has 4 heteroatoms. The molecule has 0 aliphatic rings. The van der Waals surface area contributed by atoms with Crippen molar-refractivity contribution in [3.63, 3.8) is 0 Å². The fourth-order valence-corrected chi connectivity index (χ4v) is 1.90. The van der Waals surface area contributed by atoms with Crippen molar-refractivity contribution in [1.29, 1.82) is 0 Å². The summed E-state index contributed by atoms with van der Waals surface area (Å²) in [6.45, 7) is 5.81. The maximum atomic E-state index is 13.0. The van der Waals surface area contributed by atoms with Gasteiger partial charge in [0.2, 0.25) is 0 Å². The van der Waals surface area contributed by atoms with Crippen LogP contribution < -0.4 is 5.32 Å². The second-order valence-corrected chi connectivity index (χ2v) is 4.43. The molecule has 0 bridgehead atoms. The maximum Gasteiger partial charge on any atom is 0.149 e. The standard InChI is InChI=1S/C14H16FN3/c1-9-8-12(15)5-6-13(9)11(3)16-14-7-4-10(2)17-18-14/h4-8,11H,1-3H3,(H,16,18)/t11-/m0/s1. The van der Waals surface area contributed by atoms with Gasteiger partial charge in [0.25, 0.3) is 0 Å². The highest BCUT2D eigenvalue weighted by atomic mass is 19.1. The average molecular weight is 245 g/mol. The summed E-state index contributed by atoms with van der Waals surface area (Å²) in [5, 5.41) is 11.3. The van der Waals surface area contributed by atoms with Gasteiger partial charge in [0.15, 0.2) is 0 Å². The van der Waals surface area contributed by atoms with E-state index in [1.54, 1.807) is 6.07 Å². The quantitative estimate of drug-likeness (QED) is 0.900. The third kappa shape index (κ3) is 2.83. The van der Waals surface area contributed by atoms with Gasteiger partial charge in [-0.25, -0.2) is 4.39 Å². The minimum Gasteiger partial charge on any atom is -0.362 e. The lowest BCUT2D eigenvalue weighted by Gasteiger charge is -2.16.